The van der Waals surface area contributed by atoms with E-state index < -0.39 is 0 Å². The van der Waals surface area contributed by atoms with Gasteiger partial charge in [-0.2, -0.15) is 0 Å². The molecule has 80 valence electrons. The van der Waals surface area contributed by atoms with Gasteiger partial charge in [0.2, 0.25) is 0 Å². The van der Waals surface area contributed by atoms with Crippen LogP contribution in [-0.2, 0) is 12.8 Å². The van der Waals surface area contributed by atoms with E-state index in [0.717, 1.165) is 18.4 Å². The number of benzene rings is 1. The van der Waals surface area contributed by atoms with Crippen molar-refractivity contribution in [2.45, 2.75) is 31.7 Å². The average molecular weight is 205 g/mol. The van der Waals surface area contributed by atoms with E-state index in [1.165, 1.54) is 31.5 Å². The van der Waals surface area contributed by atoms with Crippen LogP contribution in [0.3, 0.4) is 0 Å². The Morgan fingerprint density at radius 3 is 2.87 bits per heavy atom. The van der Waals surface area contributed by atoms with Crippen LogP contribution >= 0.6 is 0 Å². The predicted molar refractivity (Wildman–Crippen MR) is 58.4 cm³/mol. The summed E-state index contributed by atoms with van der Waals surface area (Å²) in [5.41, 5.74) is 2.20. The Morgan fingerprint density at radius 2 is 2.13 bits per heavy atom. The summed E-state index contributed by atoms with van der Waals surface area (Å²) in [5.74, 6) is -0.00211. The molecular formula is C13H16FN. The third-order valence-corrected chi connectivity index (χ3v) is 3.81. The lowest BCUT2D eigenvalue weighted by molar-refractivity contribution is 0.107. The van der Waals surface area contributed by atoms with Gasteiger partial charge in [-0.25, -0.2) is 4.39 Å². The summed E-state index contributed by atoms with van der Waals surface area (Å²) < 4.78 is 13.6. The third-order valence-electron chi connectivity index (χ3n) is 3.81. The molecule has 0 aromatic heterocycles. The van der Waals surface area contributed by atoms with Crippen LogP contribution in [0.4, 0.5) is 4.39 Å². The zero-order valence-corrected chi connectivity index (χ0v) is 8.88. The minimum Gasteiger partial charge on any atom is -0.300 e. The van der Waals surface area contributed by atoms with E-state index >= 15 is 0 Å². The van der Waals surface area contributed by atoms with E-state index in [1.54, 1.807) is 6.07 Å². The largest absolute Gasteiger partial charge is 0.300 e. The highest BCUT2D eigenvalue weighted by molar-refractivity contribution is 5.32. The number of hydrogen-bond donors (Lipinski definition) is 0. The summed E-state index contributed by atoms with van der Waals surface area (Å²) in [6.45, 7) is 2.43. The monoisotopic (exact) mass is 205 g/mol. The van der Waals surface area contributed by atoms with Crippen LogP contribution in [-0.4, -0.2) is 24.0 Å². The van der Waals surface area contributed by atoms with Crippen molar-refractivity contribution in [2.24, 2.45) is 0 Å². The van der Waals surface area contributed by atoms with Crippen LogP contribution in [0.15, 0.2) is 18.2 Å². The molecule has 0 spiro atoms. The third kappa shape index (κ3) is 1.57. The number of likely N-dealkylation sites (tertiary alicyclic amines) is 1. The van der Waals surface area contributed by atoms with E-state index in [0.29, 0.717) is 6.04 Å². The molecule has 1 fully saturated rings. The van der Waals surface area contributed by atoms with Crippen molar-refractivity contribution < 1.29 is 4.39 Å². The summed E-state index contributed by atoms with van der Waals surface area (Å²) in [5, 5.41) is 0. The Bertz CT molecular complexity index is 371. The summed E-state index contributed by atoms with van der Waals surface area (Å²) in [6, 6.07) is 6.10. The molecule has 1 aliphatic carbocycles. The Labute approximate surface area is 89.9 Å². The van der Waals surface area contributed by atoms with Crippen LogP contribution in [0, 0.1) is 5.82 Å². The first kappa shape index (κ1) is 9.34. The molecule has 1 saturated heterocycles. The van der Waals surface area contributed by atoms with Crippen molar-refractivity contribution >= 4 is 0 Å². The fourth-order valence-electron chi connectivity index (χ4n) is 2.74. The summed E-state index contributed by atoms with van der Waals surface area (Å²) >= 11 is 0. The first-order valence-electron chi connectivity index (χ1n) is 5.85. The quantitative estimate of drug-likeness (QED) is 0.680. The van der Waals surface area contributed by atoms with Gasteiger partial charge >= 0.3 is 0 Å². The van der Waals surface area contributed by atoms with Crippen molar-refractivity contribution in [1.29, 1.82) is 0 Å². The van der Waals surface area contributed by atoms with E-state index in [-0.39, 0.29) is 5.82 Å². The first-order valence-corrected chi connectivity index (χ1v) is 5.85. The molecule has 2 heteroatoms. The minimum absolute atomic E-state index is 0.00211. The second kappa shape index (κ2) is 3.60. The van der Waals surface area contributed by atoms with E-state index in [2.05, 4.69) is 11.0 Å². The van der Waals surface area contributed by atoms with Crippen LogP contribution in [0.25, 0.3) is 0 Å². The van der Waals surface area contributed by atoms with Crippen molar-refractivity contribution in [1.82, 2.24) is 4.90 Å². The van der Waals surface area contributed by atoms with Gasteiger partial charge in [0.1, 0.15) is 5.82 Å². The molecule has 0 amide bonds. The zero-order valence-electron chi connectivity index (χ0n) is 8.88. The number of fused-ring (bicyclic) bond motifs is 1. The second-order valence-corrected chi connectivity index (χ2v) is 4.66. The molecule has 15 heavy (non-hydrogen) atoms. The van der Waals surface area contributed by atoms with E-state index in [9.17, 15) is 4.39 Å². The van der Waals surface area contributed by atoms with Crippen molar-refractivity contribution in [3.8, 4) is 0 Å². The fourth-order valence-corrected chi connectivity index (χ4v) is 2.74. The molecule has 1 aliphatic heterocycles. The molecule has 1 atom stereocenters. The Balaban J connectivity index is 1.85. The molecule has 0 N–H and O–H groups in total. The van der Waals surface area contributed by atoms with Gasteiger partial charge in [-0.3, -0.25) is 4.90 Å². The molecule has 3 rings (SSSR count). The Morgan fingerprint density at radius 1 is 1.27 bits per heavy atom. The van der Waals surface area contributed by atoms with Crippen molar-refractivity contribution in [3.05, 3.63) is 35.1 Å². The number of aryl methyl sites for hydroxylation is 1. The molecule has 0 bridgehead atoms. The normalized spacial score (nSPS) is 25.8. The average Bonchev–Trinajstić information content (AvgIpc) is 2.17. The maximum atomic E-state index is 13.6. The van der Waals surface area contributed by atoms with E-state index in [4.69, 9.17) is 0 Å². The molecule has 0 saturated carbocycles. The number of hydrogen-bond acceptors (Lipinski definition) is 1. The van der Waals surface area contributed by atoms with Gasteiger partial charge in [0, 0.05) is 6.04 Å². The maximum absolute atomic E-state index is 13.6. The zero-order chi connectivity index (χ0) is 10.3. The smallest absolute Gasteiger partial charge is 0.126 e. The SMILES string of the molecule is Fc1cccc2c1CC(N1CCC1)CC2. The lowest BCUT2D eigenvalue weighted by Crippen LogP contribution is -2.47. The van der Waals surface area contributed by atoms with Crippen LogP contribution in [0.2, 0.25) is 0 Å². The molecule has 1 aromatic rings. The van der Waals surface area contributed by atoms with Gasteiger partial charge in [-0.05, 0) is 56.0 Å². The Hall–Kier alpha value is -0.890. The highest BCUT2D eigenvalue weighted by Gasteiger charge is 2.28. The summed E-state index contributed by atoms with van der Waals surface area (Å²) in [4.78, 5) is 2.50. The van der Waals surface area contributed by atoms with Crippen LogP contribution < -0.4 is 0 Å². The van der Waals surface area contributed by atoms with E-state index in [1.807, 2.05) is 6.07 Å². The second-order valence-electron chi connectivity index (χ2n) is 4.66. The lowest BCUT2D eigenvalue weighted by Gasteiger charge is -2.40. The number of rotatable bonds is 1. The molecule has 1 aromatic carbocycles. The predicted octanol–water partition coefficient (Wildman–Crippen LogP) is 2.39. The van der Waals surface area contributed by atoms with Gasteiger partial charge in [-0.15, -0.1) is 0 Å². The maximum Gasteiger partial charge on any atom is 0.126 e. The van der Waals surface area contributed by atoms with Gasteiger partial charge in [0.15, 0.2) is 0 Å². The lowest BCUT2D eigenvalue weighted by atomic mass is 9.86. The van der Waals surface area contributed by atoms with Gasteiger partial charge < -0.3 is 0 Å². The molecular weight excluding hydrogens is 189 g/mol. The highest BCUT2D eigenvalue weighted by atomic mass is 19.1. The van der Waals surface area contributed by atoms with Crippen LogP contribution in [0.1, 0.15) is 24.0 Å². The number of halogens is 1. The molecule has 1 nitrogen and oxygen atoms in total. The van der Waals surface area contributed by atoms with Crippen molar-refractivity contribution in [2.75, 3.05) is 13.1 Å². The standard InChI is InChI=1S/C13H16FN/c14-13-4-1-3-10-5-6-11(9-12(10)13)15-7-2-8-15/h1,3-4,11H,2,5-9H2. The van der Waals surface area contributed by atoms with Gasteiger partial charge in [-0.1, -0.05) is 12.1 Å². The van der Waals surface area contributed by atoms with Gasteiger partial charge in [0.05, 0.1) is 0 Å². The topological polar surface area (TPSA) is 3.24 Å². The highest BCUT2D eigenvalue weighted by Crippen LogP contribution is 2.28. The number of nitrogens with zero attached hydrogens (tertiary/aromatic N) is 1. The Kier molecular flexibility index (Phi) is 2.24. The summed E-state index contributed by atoms with van der Waals surface area (Å²) in [7, 11) is 0. The molecule has 0 radical (unpaired) electrons. The van der Waals surface area contributed by atoms with Crippen LogP contribution in [0.5, 0.6) is 0 Å². The first-order chi connectivity index (χ1) is 7.34. The minimum atomic E-state index is -0.00211. The molecule has 2 aliphatic rings. The fraction of sp³-hybridized carbons (Fsp3) is 0.538. The molecule has 1 unspecified atom stereocenters. The molecule has 1 heterocycles. The van der Waals surface area contributed by atoms with Gasteiger partial charge in [0.25, 0.3) is 0 Å². The van der Waals surface area contributed by atoms with Crippen molar-refractivity contribution in [3.63, 3.8) is 0 Å². The summed E-state index contributed by atoms with van der Waals surface area (Å²) in [6.07, 6.45) is 4.49.